The van der Waals surface area contributed by atoms with E-state index in [1.807, 2.05) is 48.5 Å². The minimum absolute atomic E-state index is 0.0925. The summed E-state index contributed by atoms with van der Waals surface area (Å²) in [6, 6.07) is 20.1. The maximum absolute atomic E-state index is 13.4. The van der Waals surface area contributed by atoms with Crippen LogP contribution < -0.4 is 4.18 Å². The van der Waals surface area contributed by atoms with E-state index < -0.39 is 27.5 Å². The first-order valence-electron chi connectivity index (χ1n) is 12.8. The lowest BCUT2D eigenvalue weighted by molar-refractivity contribution is -0.0500. The van der Waals surface area contributed by atoms with E-state index in [0.29, 0.717) is 37.1 Å². The molecular formula is C29H24F3NO6S. The summed E-state index contributed by atoms with van der Waals surface area (Å²) in [5.41, 5.74) is -0.216. The molecule has 3 aromatic rings. The molecule has 1 fully saturated rings. The number of allylic oxidation sites excluding steroid dienone is 1. The van der Waals surface area contributed by atoms with Gasteiger partial charge >= 0.3 is 21.7 Å². The van der Waals surface area contributed by atoms with Gasteiger partial charge in [-0.25, -0.2) is 4.79 Å². The van der Waals surface area contributed by atoms with E-state index in [-0.39, 0.29) is 30.5 Å². The molecule has 0 spiro atoms. The highest BCUT2D eigenvalue weighted by molar-refractivity contribution is 7.88. The van der Waals surface area contributed by atoms with E-state index in [0.717, 1.165) is 28.3 Å². The molecule has 0 radical (unpaired) electrons. The van der Waals surface area contributed by atoms with Crippen LogP contribution in [0.15, 0.2) is 72.4 Å². The van der Waals surface area contributed by atoms with Crippen LogP contribution in [0.3, 0.4) is 0 Å². The highest BCUT2D eigenvalue weighted by Crippen LogP contribution is 2.45. The molecule has 40 heavy (non-hydrogen) atoms. The monoisotopic (exact) mass is 571 g/mol. The third-order valence-electron chi connectivity index (χ3n) is 7.38. The van der Waals surface area contributed by atoms with Crippen LogP contribution in [0.25, 0.3) is 16.9 Å². The average Bonchev–Trinajstić information content (AvgIpc) is 3.54. The maximum Gasteiger partial charge on any atom is 0.534 e. The second kappa shape index (κ2) is 9.88. The lowest BCUT2D eigenvalue weighted by Gasteiger charge is -2.27. The number of rotatable bonds is 4. The molecule has 3 aromatic carbocycles. The van der Waals surface area contributed by atoms with Crippen LogP contribution in [-0.2, 0) is 26.0 Å². The van der Waals surface area contributed by atoms with Gasteiger partial charge in [0.25, 0.3) is 0 Å². The molecule has 2 aliphatic heterocycles. The number of carbonyl (C=O) groups is 1. The number of nitrogens with zero attached hydrogens (tertiary/aromatic N) is 1. The largest absolute Gasteiger partial charge is 0.534 e. The van der Waals surface area contributed by atoms with Crippen LogP contribution in [0.2, 0.25) is 0 Å². The minimum atomic E-state index is -5.91. The number of benzene rings is 3. The standard InChI is InChI=1S/C29H24F3NO6S/c30-29(31,32)40(35,36)39-25-13-5-7-18-14-16-37-27(26(18)25)24-12-6-15-33(24)28(34)38-17-23-21-10-3-1-8-19(21)20-9-2-4-11-22(20)23/h1-5,7-11,13,23H,6,12,14-17H2/b27-24-. The Labute approximate surface area is 228 Å². The molecule has 2 heterocycles. The summed E-state index contributed by atoms with van der Waals surface area (Å²) < 4.78 is 79.1. The Morgan fingerprint density at radius 2 is 1.62 bits per heavy atom. The highest BCUT2D eigenvalue weighted by Gasteiger charge is 2.49. The number of hydrogen-bond acceptors (Lipinski definition) is 6. The van der Waals surface area contributed by atoms with Crippen molar-refractivity contribution in [3.05, 3.63) is 94.7 Å². The first-order valence-corrected chi connectivity index (χ1v) is 14.2. The molecule has 0 aromatic heterocycles. The summed E-state index contributed by atoms with van der Waals surface area (Å²) in [6.07, 6.45) is 0.685. The third-order valence-corrected chi connectivity index (χ3v) is 8.35. The summed E-state index contributed by atoms with van der Waals surface area (Å²) >= 11 is 0. The zero-order chi connectivity index (χ0) is 28.1. The molecule has 3 aliphatic rings. The van der Waals surface area contributed by atoms with Crippen LogP contribution in [0.5, 0.6) is 5.75 Å². The van der Waals surface area contributed by atoms with E-state index in [9.17, 15) is 26.4 Å². The fourth-order valence-corrected chi connectivity index (χ4v) is 6.09. The van der Waals surface area contributed by atoms with Gasteiger partial charge in [-0.15, -0.1) is 0 Å². The first kappa shape index (κ1) is 26.2. The van der Waals surface area contributed by atoms with Gasteiger partial charge in [0.15, 0.2) is 5.75 Å². The zero-order valence-electron chi connectivity index (χ0n) is 21.1. The lowest BCUT2D eigenvalue weighted by atomic mass is 9.98. The van der Waals surface area contributed by atoms with Gasteiger partial charge in [-0.1, -0.05) is 60.7 Å². The van der Waals surface area contributed by atoms with Gasteiger partial charge in [-0.05, 0) is 46.7 Å². The molecule has 6 rings (SSSR count). The average molecular weight is 572 g/mol. The van der Waals surface area contributed by atoms with Crippen molar-refractivity contribution >= 4 is 22.0 Å². The van der Waals surface area contributed by atoms with Crippen LogP contribution in [0, 0.1) is 0 Å². The SMILES string of the molecule is O=C(OCC1c2ccccc2-c2ccccc21)N1CCC/C1=C1/OCCc2cccc(OS(=O)(=O)C(F)(F)F)c21. The molecule has 1 amide bonds. The summed E-state index contributed by atoms with van der Waals surface area (Å²) in [7, 11) is -5.91. The Kier molecular flexibility index (Phi) is 6.48. The normalized spacial score (nSPS) is 18.5. The summed E-state index contributed by atoms with van der Waals surface area (Å²) in [5.74, 6) is -0.522. The van der Waals surface area contributed by atoms with Crippen molar-refractivity contribution in [1.82, 2.24) is 4.90 Å². The number of ether oxygens (including phenoxy) is 2. The Bertz CT molecular complexity index is 1590. The number of alkyl halides is 3. The topological polar surface area (TPSA) is 82.1 Å². The van der Waals surface area contributed by atoms with Gasteiger partial charge in [0, 0.05) is 18.9 Å². The second-order valence-corrected chi connectivity index (χ2v) is 11.2. The molecule has 1 aliphatic carbocycles. The Morgan fingerprint density at radius 3 is 2.30 bits per heavy atom. The number of hydrogen-bond donors (Lipinski definition) is 0. The van der Waals surface area contributed by atoms with Crippen LogP contribution in [0.1, 0.15) is 41.0 Å². The summed E-state index contributed by atoms with van der Waals surface area (Å²) in [6.45, 7) is 0.625. The predicted octanol–water partition coefficient (Wildman–Crippen LogP) is 6.20. The van der Waals surface area contributed by atoms with Crippen molar-refractivity contribution in [2.75, 3.05) is 19.8 Å². The Hall–Kier alpha value is -3.99. The predicted molar refractivity (Wildman–Crippen MR) is 140 cm³/mol. The number of fused-ring (bicyclic) bond motifs is 4. The molecule has 11 heteroatoms. The number of halogens is 3. The Morgan fingerprint density at radius 1 is 0.950 bits per heavy atom. The number of carbonyl (C=O) groups excluding carboxylic acids is 1. The zero-order valence-corrected chi connectivity index (χ0v) is 21.9. The van der Waals surface area contributed by atoms with Crippen molar-refractivity contribution < 1.29 is 40.0 Å². The molecule has 0 atom stereocenters. The van der Waals surface area contributed by atoms with Gasteiger partial charge in [0.2, 0.25) is 0 Å². The van der Waals surface area contributed by atoms with E-state index in [4.69, 9.17) is 9.47 Å². The minimum Gasteiger partial charge on any atom is -0.491 e. The Balaban J connectivity index is 1.29. The fraction of sp³-hybridized carbons (Fsp3) is 0.276. The van der Waals surface area contributed by atoms with Crippen LogP contribution in [0.4, 0.5) is 18.0 Å². The first-order chi connectivity index (χ1) is 19.2. The van der Waals surface area contributed by atoms with E-state index in [2.05, 4.69) is 4.18 Å². The van der Waals surface area contributed by atoms with E-state index in [1.165, 1.54) is 11.0 Å². The number of amides is 1. The second-order valence-electron chi connectivity index (χ2n) is 9.71. The third kappa shape index (κ3) is 4.47. The smallest absolute Gasteiger partial charge is 0.491 e. The van der Waals surface area contributed by atoms with Gasteiger partial charge in [0.1, 0.15) is 12.4 Å². The van der Waals surface area contributed by atoms with Gasteiger partial charge < -0.3 is 13.7 Å². The molecule has 7 nitrogen and oxygen atoms in total. The van der Waals surface area contributed by atoms with Crippen molar-refractivity contribution in [2.24, 2.45) is 0 Å². The summed E-state index contributed by atoms with van der Waals surface area (Å²) in [5, 5.41) is 0. The fourth-order valence-electron chi connectivity index (χ4n) is 5.62. The van der Waals surface area contributed by atoms with Crippen molar-refractivity contribution in [3.63, 3.8) is 0 Å². The van der Waals surface area contributed by atoms with Crippen LogP contribution in [-0.4, -0.2) is 44.7 Å². The quantitative estimate of drug-likeness (QED) is 0.274. The molecular weight excluding hydrogens is 547 g/mol. The van der Waals surface area contributed by atoms with Crippen molar-refractivity contribution in [1.29, 1.82) is 0 Å². The van der Waals surface area contributed by atoms with E-state index >= 15 is 0 Å². The summed E-state index contributed by atoms with van der Waals surface area (Å²) in [4.78, 5) is 14.8. The van der Waals surface area contributed by atoms with E-state index in [1.54, 1.807) is 6.07 Å². The molecule has 208 valence electrons. The van der Waals surface area contributed by atoms with Crippen molar-refractivity contribution in [2.45, 2.75) is 30.7 Å². The van der Waals surface area contributed by atoms with Gasteiger partial charge in [0.05, 0.1) is 17.9 Å². The molecule has 0 unspecified atom stereocenters. The molecule has 0 saturated carbocycles. The molecule has 0 N–H and O–H groups in total. The molecule has 0 bridgehead atoms. The lowest BCUT2D eigenvalue weighted by Crippen LogP contribution is -2.31. The number of likely N-dealkylation sites (tertiary alicyclic amines) is 1. The van der Waals surface area contributed by atoms with Crippen LogP contribution >= 0.6 is 0 Å². The maximum atomic E-state index is 13.4. The van der Waals surface area contributed by atoms with Gasteiger partial charge in [-0.3, -0.25) is 4.90 Å². The van der Waals surface area contributed by atoms with Gasteiger partial charge in [-0.2, -0.15) is 21.6 Å². The molecule has 1 saturated heterocycles. The highest BCUT2D eigenvalue weighted by atomic mass is 32.2. The van der Waals surface area contributed by atoms with Crippen molar-refractivity contribution in [3.8, 4) is 16.9 Å².